The smallest absolute Gasteiger partial charge is 0.294 e. The van der Waals surface area contributed by atoms with Gasteiger partial charge in [0.25, 0.3) is 5.91 Å². The zero-order valence-corrected chi connectivity index (χ0v) is 16.9. The Labute approximate surface area is 165 Å². The highest BCUT2D eigenvalue weighted by Gasteiger charge is 2.19. The van der Waals surface area contributed by atoms with E-state index in [0.29, 0.717) is 5.69 Å². The van der Waals surface area contributed by atoms with Gasteiger partial charge in [-0.05, 0) is 31.0 Å². The molecule has 0 aliphatic rings. The molecular weight excluding hydrogens is 392 g/mol. The number of hydrogen-bond donors (Lipinski definition) is 3. The average molecular weight is 417 g/mol. The lowest BCUT2D eigenvalue weighted by atomic mass is 9.99. The van der Waals surface area contributed by atoms with Gasteiger partial charge in [-0.3, -0.25) is 4.79 Å². The molecular formula is C17H25ClN4O4S. The van der Waals surface area contributed by atoms with Crippen molar-refractivity contribution < 1.29 is 17.7 Å². The Morgan fingerprint density at radius 1 is 1.26 bits per heavy atom. The first-order valence-electron chi connectivity index (χ1n) is 8.49. The molecule has 0 radical (unpaired) electrons. The molecule has 0 bridgehead atoms. The van der Waals surface area contributed by atoms with Gasteiger partial charge in [0, 0.05) is 30.8 Å². The van der Waals surface area contributed by atoms with Crippen molar-refractivity contribution in [3.8, 4) is 0 Å². The van der Waals surface area contributed by atoms with Crippen molar-refractivity contribution in [2.75, 3.05) is 18.4 Å². The molecule has 1 aromatic carbocycles. The van der Waals surface area contributed by atoms with E-state index in [2.05, 4.69) is 15.2 Å². The van der Waals surface area contributed by atoms with Gasteiger partial charge in [0.15, 0.2) is 0 Å². The second-order valence-electron chi connectivity index (χ2n) is 5.80. The molecule has 1 aromatic heterocycles. The Balaban J connectivity index is 0.00000364. The highest BCUT2D eigenvalue weighted by molar-refractivity contribution is 7.89. The van der Waals surface area contributed by atoms with Crippen molar-refractivity contribution in [1.29, 1.82) is 0 Å². The second kappa shape index (κ2) is 10.4. The Bertz CT molecular complexity index is 850. The normalized spacial score (nSPS) is 11.3. The lowest BCUT2D eigenvalue weighted by molar-refractivity contribution is 0.0987. The number of halogens is 1. The van der Waals surface area contributed by atoms with Gasteiger partial charge >= 0.3 is 0 Å². The molecule has 1 heterocycles. The van der Waals surface area contributed by atoms with Gasteiger partial charge in [0.05, 0.1) is 10.6 Å². The first-order valence-corrected chi connectivity index (χ1v) is 9.97. The molecule has 10 heteroatoms. The van der Waals surface area contributed by atoms with Gasteiger partial charge in [-0.2, -0.15) is 0 Å². The summed E-state index contributed by atoms with van der Waals surface area (Å²) in [6.45, 7) is 4.43. The molecule has 2 rings (SSSR count). The topological polar surface area (TPSA) is 127 Å². The van der Waals surface area contributed by atoms with Gasteiger partial charge in [0.1, 0.15) is 0 Å². The predicted molar refractivity (Wildman–Crippen MR) is 106 cm³/mol. The van der Waals surface area contributed by atoms with Crippen LogP contribution in [0.3, 0.4) is 0 Å². The van der Waals surface area contributed by atoms with E-state index in [1.54, 1.807) is 18.2 Å². The van der Waals surface area contributed by atoms with Crippen molar-refractivity contribution >= 4 is 34.0 Å². The van der Waals surface area contributed by atoms with Crippen molar-refractivity contribution in [2.24, 2.45) is 5.73 Å². The number of nitrogens with two attached hydrogens (primary N) is 1. The summed E-state index contributed by atoms with van der Waals surface area (Å²) in [6.07, 6.45) is 1.81. The van der Waals surface area contributed by atoms with Crippen molar-refractivity contribution in [3.05, 3.63) is 41.8 Å². The largest absolute Gasteiger partial charge is 0.351 e. The molecule has 0 unspecified atom stereocenters. The van der Waals surface area contributed by atoms with Crippen LogP contribution in [0.25, 0.3) is 0 Å². The Kier molecular flexibility index (Phi) is 8.91. The number of anilines is 1. The standard InChI is InChI=1S/C17H24N4O4S.ClH/c1-3-12(4-2)15-11-16(25-21-15)17(22)20-13-6-5-7-14(10-13)26(23,24)19-9-8-18;/h5-7,10-12,19H,3-4,8-9,18H2,1-2H3,(H,20,22);1H. The first kappa shape index (κ1) is 23.1. The summed E-state index contributed by atoms with van der Waals surface area (Å²) in [6, 6.07) is 7.57. The summed E-state index contributed by atoms with van der Waals surface area (Å²) in [5, 5.41) is 6.58. The average Bonchev–Trinajstić information content (AvgIpc) is 3.11. The lowest BCUT2D eigenvalue weighted by Crippen LogP contribution is -2.29. The third kappa shape index (κ3) is 6.03. The predicted octanol–water partition coefficient (Wildman–Crippen LogP) is 2.49. The van der Waals surface area contributed by atoms with Crippen LogP contribution in [-0.2, 0) is 10.0 Å². The van der Waals surface area contributed by atoms with Gasteiger partial charge in [-0.15, -0.1) is 12.4 Å². The summed E-state index contributed by atoms with van der Waals surface area (Å²) in [4.78, 5) is 12.4. The molecule has 0 spiro atoms. The number of amides is 1. The molecule has 0 saturated heterocycles. The third-order valence-corrected chi connectivity index (χ3v) is 5.45. The zero-order chi connectivity index (χ0) is 19.2. The molecule has 0 saturated carbocycles. The number of sulfonamides is 1. The molecule has 0 atom stereocenters. The maximum atomic E-state index is 12.3. The van der Waals surface area contributed by atoms with E-state index < -0.39 is 15.9 Å². The minimum Gasteiger partial charge on any atom is -0.351 e. The number of carbonyl (C=O) groups excluding carboxylic acids is 1. The van der Waals surface area contributed by atoms with Crippen LogP contribution in [-0.4, -0.2) is 32.6 Å². The maximum absolute atomic E-state index is 12.3. The highest BCUT2D eigenvalue weighted by Crippen LogP contribution is 2.23. The Hall–Kier alpha value is -1.94. The number of hydrogen-bond acceptors (Lipinski definition) is 6. The van der Waals surface area contributed by atoms with Crippen molar-refractivity contribution in [1.82, 2.24) is 9.88 Å². The van der Waals surface area contributed by atoms with Crippen molar-refractivity contribution in [3.63, 3.8) is 0 Å². The van der Waals surface area contributed by atoms with Gasteiger partial charge < -0.3 is 15.6 Å². The van der Waals surface area contributed by atoms with E-state index in [1.165, 1.54) is 12.1 Å². The summed E-state index contributed by atoms with van der Waals surface area (Å²) in [5.41, 5.74) is 6.39. The Morgan fingerprint density at radius 3 is 2.59 bits per heavy atom. The molecule has 27 heavy (non-hydrogen) atoms. The molecule has 150 valence electrons. The monoisotopic (exact) mass is 416 g/mol. The minimum absolute atomic E-state index is 0. The van der Waals surface area contributed by atoms with Gasteiger partial charge in [-0.1, -0.05) is 25.1 Å². The fourth-order valence-electron chi connectivity index (χ4n) is 2.51. The number of nitrogens with one attached hydrogen (secondary N) is 2. The van der Waals surface area contributed by atoms with Crippen LogP contribution in [0.1, 0.15) is 48.9 Å². The summed E-state index contributed by atoms with van der Waals surface area (Å²) in [7, 11) is -3.68. The summed E-state index contributed by atoms with van der Waals surface area (Å²) in [5.74, 6) is -0.164. The van der Waals surface area contributed by atoms with E-state index in [0.717, 1.165) is 18.5 Å². The summed E-state index contributed by atoms with van der Waals surface area (Å²) < 4.78 is 31.8. The molecule has 0 aliphatic heterocycles. The quantitative estimate of drug-likeness (QED) is 0.576. The second-order valence-corrected chi connectivity index (χ2v) is 7.56. The summed E-state index contributed by atoms with van der Waals surface area (Å²) >= 11 is 0. The van der Waals surface area contributed by atoms with E-state index in [9.17, 15) is 13.2 Å². The number of aromatic nitrogens is 1. The zero-order valence-electron chi connectivity index (χ0n) is 15.3. The SMILES string of the molecule is CCC(CC)c1cc(C(=O)Nc2cccc(S(=O)(=O)NCCN)c2)on1.Cl. The van der Waals surface area contributed by atoms with Crippen molar-refractivity contribution in [2.45, 2.75) is 37.5 Å². The number of carbonyl (C=O) groups is 1. The van der Waals surface area contributed by atoms with E-state index >= 15 is 0 Å². The molecule has 8 nitrogen and oxygen atoms in total. The number of benzene rings is 1. The molecule has 4 N–H and O–H groups in total. The fourth-order valence-corrected chi connectivity index (χ4v) is 3.60. The van der Waals surface area contributed by atoms with Crippen LogP contribution < -0.4 is 15.8 Å². The van der Waals surface area contributed by atoms with Crippen LogP contribution in [0.5, 0.6) is 0 Å². The Morgan fingerprint density at radius 2 is 1.96 bits per heavy atom. The highest BCUT2D eigenvalue weighted by atomic mass is 35.5. The lowest BCUT2D eigenvalue weighted by Gasteiger charge is -2.08. The molecule has 0 aliphatic carbocycles. The van der Waals surface area contributed by atoms with Crippen LogP contribution >= 0.6 is 12.4 Å². The fraction of sp³-hybridized carbons (Fsp3) is 0.412. The molecule has 0 fully saturated rings. The van der Waals surface area contributed by atoms with E-state index in [1.807, 2.05) is 13.8 Å². The molecule has 1 amide bonds. The van der Waals surface area contributed by atoms with Gasteiger partial charge in [0.2, 0.25) is 15.8 Å². The minimum atomic E-state index is -3.68. The van der Waals surface area contributed by atoms with Crippen LogP contribution in [0.2, 0.25) is 0 Å². The van der Waals surface area contributed by atoms with Crippen LogP contribution in [0.15, 0.2) is 39.8 Å². The number of nitrogens with zero attached hydrogens (tertiary/aromatic N) is 1. The maximum Gasteiger partial charge on any atom is 0.294 e. The third-order valence-electron chi connectivity index (χ3n) is 3.99. The van der Waals surface area contributed by atoms with Gasteiger partial charge in [-0.25, -0.2) is 13.1 Å². The van der Waals surface area contributed by atoms with Crippen LogP contribution in [0, 0.1) is 0 Å². The molecule has 2 aromatic rings. The first-order chi connectivity index (χ1) is 12.4. The van der Waals surface area contributed by atoms with Crippen LogP contribution in [0.4, 0.5) is 5.69 Å². The van der Waals surface area contributed by atoms with E-state index in [-0.39, 0.29) is 42.1 Å². The van der Waals surface area contributed by atoms with E-state index in [4.69, 9.17) is 10.3 Å². The number of rotatable bonds is 9.